The van der Waals surface area contributed by atoms with Gasteiger partial charge in [0.25, 0.3) is 0 Å². The van der Waals surface area contributed by atoms with E-state index in [4.69, 9.17) is 12.2 Å². The van der Waals surface area contributed by atoms with E-state index in [2.05, 4.69) is 5.32 Å². The smallest absolute Gasteiger partial charge is 0.174 e. The van der Waals surface area contributed by atoms with Crippen LogP contribution in [0, 0.1) is 6.92 Å². The highest BCUT2D eigenvalue weighted by Crippen LogP contribution is 2.29. The number of benzene rings is 1. The van der Waals surface area contributed by atoms with E-state index < -0.39 is 9.84 Å². The van der Waals surface area contributed by atoms with E-state index in [1.54, 1.807) is 0 Å². The summed E-state index contributed by atoms with van der Waals surface area (Å²) in [6.07, 6.45) is 0. The van der Waals surface area contributed by atoms with Crippen LogP contribution < -0.4 is 10.2 Å². The van der Waals surface area contributed by atoms with Crippen LogP contribution in [0.1, 0.15) is 5.56 Å². The predicted octanol–water partition coefficient (Wildman–Crippen LogP) is 0.855. The van der Waals surface area contributed by atoms with Crippen molar-refractivity contribution in [3.8, 4) is 0 Å². The van der Waals surface area contributed by atoms with Crippen LogP contribution in [0.5, 0.6) is 0 Å². The fourth-order valence-corrected chi connectivity index (χ4v) is 4.97. The molecule has 6 heteroatoms. The molecule has 0 saturated carbocycles. The van der Waals surface area contributed by atoms with Gasteiger partial charge in [0.2, 0.25) is 0 Å². The molecule has 0 aliphatic carbocycles. The fraction of sp³-hybridized carbons (Fsp3) is 0.417. The summed E-state index contributed by atoms with van der Waals surface area (Å²) in [6, 6.07) is 7.84. The van der Waals surface area contributed by atoms with Gasteiger partial charge < -0.3 is 10.2 Å². The molecule has 0 radical (unpaired) electrons. The van der Waals surface area contributed by atoms with E-state index in [0.29, 0.717) is 5.11 Å². The van der Waals surface area contributed by atoms with Crippen LogP contribution in [-0.2, 0) is 9.84 Å². The average molecular weight is 282 g/mol. The normalized spacial score (nSPS) is 29.2. The van der Waals surface area contributed by atoms with Crippen LogP contribution in [0.15, 0.2) is 24.3 Å². The van der Waals surface area contributed by atoms with E-state index in [1.807, 2.05) is 36.1 Å². The molecule has 0 unspecified atom stereocenters. The van der Waals surface area contributed by atoms with Gasteiger partial charge in [0, 0.05) is 5.69 Å². The minimum absolute atomic E-state index is 0.0655. The van der Waals surface area contributed by atoms with E-state index in [0.717, 1.165) is 11.3 Å². The Bertz CT molecular complexity index is 612. The summed E-state index contributed by atoms with van der Waals surface area (Å²) < 4.78 is 23.4. The number of nitrogens with one attached hydrogen (secondary N) is 1. The van der Waals surface area contributed by atoms with Crippen LogP contribution >= 0.6 is 12.2 Å². The molecule has 0 amide bonds. The number of sulfone groups is 1. The third kappa shape index (κ3) is 1.89. The third-order valence-electron chi connectivity index (χ3n) is 3.46. The molecule has 2 atom stereocenters. The van der Waals surface area contributed by atoms with Gasteiger partial charge in [-0.2, -0.15) is 0 Å². The zero-order valence-electron chi connectivity index (χ0n) is 9.96. The standard InChI is InChI=1S/C12H14N2O2S2/c1-8-3-2-4-9(5-8)14-11-7-18(15,16)6-10(11)13-12(14)17/h2-5,10-11H,6-7H2,1H3,(H,13,17)/t10-,11-/m0/s1. The maximum atomic E-state index is 11.7. The Kier molecular flexibility index (Phi) is 2.60. The van der Waals surface area contributed by atoms with E-state index in [1.165, 1.54) is 0 Å². The van der Waals surface area contributed by atoms with Crippen molar-refractivity contribution >= 4 is 32.9 Å². The number of aryl methyl sites for hydroxylation is 1. The van der Waals surface area contributed by atoms with Gasteiger partial charge in [-0.1, -0.05) is 12.1 Å². The van der Waals surface area contributed by atoms with Crippen molar-refractivity contribution in [1.29, 1.82) is 0 Å². The van der Waals surface area contributed by atoms with Gasteiger partial charge in [-0.05, 0) is 36.8 Å². The van der Waals surface area contributed by atoms with E-state index >= 15 is 0 Å². The molecule has 2 aliphatic heterocycles. The van der Waals surface area contributed by atoms with Crippen molar-refractivity contribution in [2.75, 3.05) is 16.4 Å². The minimum Gasteiger partial charge on any atom is -0.356 e. The summed E-state index contributed by atoms with van der Waals surface area (Å²) in [4.78, 5) is 1.94. The van der Waals surface area contributed by atoms with Crippen LogP contribution in [0.4, 0.5) is 5.69 Å². The maximum Gasteiger partial charge on any atom is 0.174 e. The van der Waals surface area contributed by atoms with Crippen LogP contribution in [0.3, 0.4) is 0 Å². The molecule has 4 nitrogen and oxygen atoms in total. The summed E-state index contributed by atoms with van der Waals surface area (Å²) >= 11 is 5.32. The molecule has 2 heterocycles. The number of fused-ring (bicyclic) bond motifs is 1. The van der Waals surface area contributed by atoms with Gasteiger partial charge in [-0.25, -0.2) is 8.42 Å². The summed E-state index contributed by atoms with van der Waals surface area (Å²) in [7, 11) is -2.94. The first-order valence-electron chi connectivity index (χ1n) is 5.83. The molecule has 3 rings (SSSR count). The van der Waals surface area contributed by atoms with Crippen molar-refractivity contribution < 1.29 is 8.42 Å². The van der Waals surface area contributed by atoms with Gasteiger partial charge >= 0.3 is 0 Å². The quantitative estimate of drug-likeness (QED) is 0.774. The van der Waals surface area contributed by atoms with Crippen molar-refractivity contribution in [1.82, 2.24) is 5.32 Å². The Morgan fingerprint density at radius 3 is 2.89 bits per heavy atom. The first kappa shape index (κ1) is 11.9. The second kappa shape index (κ2) is 3.93. The van der Waals surface area contributed by atoms with Gasteiger partial charge in [0.1, 0.15) is 0 Å². The summed E-state index contributed by atoms with van der Waals surface area (Å²) in [5, 5.41) is 3.75. The first-order valence-corrected chi connectivity index (χ1v) is 8.06. The molecule has 18 heavy (non-hydrogen) atoms. The van der Waals surface area contributed by atoms with Crippen molar-refractivity contribution in [3.63, 3.8) is 0 Å². The summed E-state index contributed by atoms with van der Waals surface area (Å²) in [6.45, 7) is 2.01. The second-order valence-corrected chi connectivity index (χ2v) is 7.45. The molecule has 1 aromatic carbocycles. The summed E-state index contributed by atoms with van der Waals surface area (Å²) in [5.41, 5.74) is 2.11. The van der Waals surface area contributed by atoms with Crippen molar-refractivity contribution in [2.45, 2.75) is 19.0 Å². The molecule has 96 valence electrons. The summed E-state index contributed by atoms with van der Waals surface area (Å²) in [5.74, 6) is 0.360. The molecule has 0 bridgehead atoms. The molecule has 2 saturated heterocycles. The molecule has 0 spiro atoms. The number of anilines is 1. The van der Waals surface area contributed by atoms with Crippen LogP contribution in [0.25, 0.3) is 0 Å². The Morgan fingerprint density at radius 2 is 2.17 bits per heavy atom. The molecule has 1 aromatic rings. The highest BCUT2D eigenvalue weighted by Gasteiger charge is 2.47. The number of rotatable bonds is 1. The van der Waals surface area contributed by atoms with Crippen LogP contribution in [-0.4, -0.2) is 37.1 Å². The maximum absolute atomic E-state index is 11.7. The molecule has 0 aromatic heterocycles. The van der Waals surface area contributed by atoms with E-state index in [9.17, 15) is 8.42 Å². The first-order chi connectivity index (χ1) is 8.46. The number of nitrogens with zero attached hydrogens (tertiary/aromatic N) is 1. The van der Waals surface area contributed by atoms with Crippen molar-refractivity contribution in [3.05, 3.63) is 29.8 Å². The number of thiocarbonyl (C=S) groups is 1. The zero-order valence-corrected chi connectivity index (χ0v) is 11.6. The van der Waals surface area contributed by atoms with Gasteiger partial charge in [-0.3, -0.25) is 0 Å². The van der Waals surface area contributed by atoms with Gasteiger partial charge in [-0.15, -0.1) is 0 Å². The highest BCUT2D eigenvalue weighted by molar-refractivity contribution is 7.91. The minimum atomic E-state index is -2.94. The van der Waals surface area contributed by atoms with Gasteiger partial charge in [0.05, 0.1) is 23.6 Å². The Labute approximate surface area is 112 Å². The lowest BCUT2D eigenvalue weighted by atomic mass is 10.1. The highest BCUT2D eigenvalue weighted by atomic mass is 32.2. The zero-order chi connectivity index (χ0) is 12.9. The lowest BCUT2D eigenvalue weighted by Crippen LogP contribution is -2.36. The fourth-order valence-electron chi connectivity index (χ4n) is 2.69. The monoisotopic (exact) mass is 282 g/mol. The SMILES string of the molecule is Cc1cccc(N2C(=S)N[C@H]3CS(=O)(=O)C[C@@H]32)c1. The molecule has 1 N–H and O–H groups in total. The third-order valence-corrected chi connectivity index (χ3v) is 5.49. The Morgan fingerprint density at radius 1 is 1.39 bits per heavy atom. The second-order valence-electron chi connectivity index (χ2n) is 4.91. The largest absolute Gasteiger partial charge is 0.356 e. The lowest BCUT2D eigenvalue weighted by Gasteiger charge is -2.23. The molecular formula is C12H14N2O2S2. The molecular weight excluding hydrogens is 268 g/mol. The van der Waals surface area contributed by atoms with Crippen molar-refractivity contribution in [2.24, 2.45) is 0 Å². The predicted molar refractivity (Wildman–Crippen MR) is 75.6 cm³/mol. The molecule has 2 aliphatic rings. The topological polar surface area (TPSA) is 49.4 Å². The molecule has 2 fully saturated rings. The Balaban J connectivity index is 1.99. The number of hydrogen-bond donors (Lipinski definition) is 1. The van der Waals surface area contributed by atoms with E-state index in [-0.39, 0.29) is 23.6 Å². The number of hydrogen-bond acceptors (Lipinski definition) is 3. The van der Waals surface area contributed by atoms with Crippen LogP contribution in [0.2, 0.25) is 0 Å². The lowest BCUT2D eigenvalue weighted by molar-refractivity contribution is 0.600. The average Bonchev–Trinajstić information content (AvgIpc) is 2.68. The Hall–Kier alpha value is -1.14. The van der Waals surface area contributed by atoms with Gasteiger partial charge in [0.15, 0.2) is 14.9 Å².